The summed E-state index contributed by atoms with van der Waals surface area (Å²) in [7, 11) is 0. The number of aryl methyl sites for hydroxylation is 1. The zero-order valence-corrected chi connectivity index (χ0v) is 21.5. The quantitative estimate of drug-likeness (QED) is 0.273. The number of aliphatic hydroxyl groups is 1. The molecule has 0 spiro atoms. The molecule has 0 radical (unpaired) electrons. The van der Waals surface area contributed by atoms with Crippen molar-refractivity contribution in [2.45, 2.75) is 32.6 Å². The normalized spacial score (nSPS) is 13.8. The summed E-state index contributed by atoms with van der Waals surface area (Å²) >= 11 is 0. The van der Waals surface area contributed by atoms with E-state index in [1.807, 2.05) is 79.7 Å². The molecule has 38 heavy (non-hydrogen) atoms. The van der Waals surface area contributed by atoms with Crippen molar-refractivity contribution in [1.82, 2.24) is 10.3 Å². The van der Waals surface area contributed by atoms with Crippen LogP contribution in [0.25, 0.3) is 28.2 Å². The van der Waals surface area contributed by atoms with E-state index in [0.29, 0.717) is 29.1 Å². The van der Waals surface area contributed by atoms with Crippen molar-refractivity contribution >= 4 is 17.4 Å². The minimum absolute atomic E-state index is 0.151. The summed E-state index contributed by atoms with van der Waals surface area (Å²) in [6, 6.07) is 28.3. The van der Waals surface area contributed by atoms with Crippen LogP contribution in [0, 0.1) is 18.3 Å². The lowest BCUT2D eigenvalue weighted by atomic mass is 9.74. The number of nitrogens with one attached hydrogen (secondary N) is 2. The van der Waals surface area contributed by atoms with E-state index in [-0.39, 0.29) is 11.2 Å². The summed E-state index contributed by atoms with van der Waals surface area (Å²) in [4.78, 5) is 18.2. The highest BCUT2D eigenvalue weighted by atomic mass is 16.3. The zero-order chi connectivity index (χ0) is 26.9. The van der Waals surface area contributed by atoms with Crippen molar-refractivity contribution < 1.29 is 9.90 Å². The number of aliphatic hydroxyl groups excluding tert-OH is 1. The third-order valence-electron chi connectivity index (χ3n) is 6.86. The van der Waals surface area contributed by atoms with Crippen LogP contribution >= 0.6 is 0 Å². The van der Waals surface area contributed by atoms with Crippen LogP contribution in [0.4, 0.5) is 10.5 Å². The number of benzene rings is 3. The molecule has 6 nitrogen and oxygen atoms in total. The van der Waals surface area contributed by atoms with Gasteiger partial charge >= 0.3 is 6.03 Å². The van der Waals surface area contributed by atoms with Gasteiger partial charge in [0.05, 0.1) is 34.4 Å². The highest BCUT2D eigenvalue weighted by Crippen LogP contribution is 2.40. The lowest BCUT2D eigenvalue weighted by Gasteiger charge is -2.33. The summed E-state index contributed by atoms with van der Waals surface area (Å²) in [5, 5.41) is 25.9. The van der Waals surface area contributed by atoms with Gasteiger partial charge in [-0.25, -0.2) is 9.78 Å². The number of aromatic nitrogens is 1. The molecule has 1 aliphatic carbocycles. The molecule has 188 valence electrons. The Kier molecular flexibility index (Phi) is 6.44. The summed E-state index contributed by atoms with van der Waals surface area (Å²) in [6.07, 6.45) is 0.425. The Balaban J connectivity index is 1.50. The van der Waals surface area contributed by atoms with Gasteiger partial charge in [-0.05, 0) is 41.7 Å². The fraction of sp³-hybridized carbons (Fsp3) is 0.156. The van der Waals surface area contributed by atoms with Gasteiger partial charge in [0.2, 0.25) is 0 Å². The molecule has 4 aromatic rings. The molecule has 1 heterocycles. The number of pyridine rings is 1. The molecule has 0 saturated carbocycles. The van der Waals surface area contributed by atoms with E-state index in [2.05, 4.69) is 30.6 Å². The molecule has 6 heteroatoms. The van der Waals surface area contributed by atoms with Crippen molar-refractivity contribution in [2.75, 3.05) is 5.32 Å². The van der Waals surface area contributed by atoms with Gasteiger partial charge in [0.25, 0.3) is 0 Å². The second kappa shape index (κ2) is 9.87. The fourth-order valence-electron chi connectivity index (χ4n) is 4.98. The highest BCUT2D eigenvalue weighted by molar-refractivity contribution is 5.99. The number of anilines is 1. The molecule has 0 unspecified atom stereocenters. The van der Waals surface area contributed by atoms with Crippen LogP contribution in [0.15, 0.2) is 90.7 Å². The van der Waals surface area contributed by atoms with Crippen molar-refractivity contribution in [3.63, 3.8) is 0 Å². The second-order valence-electron chi connectivity index (χ2n) is 10.1. The molecule has 1 aliphatic rings. The van der Waals surface area contributed by atoms with Gasteiger partial charge < -0.3 is 15.7 Å². The van der Waals surface area contributed by atoms with Gasteiger partial charge in [-0.2, -0.15) is 5.26 Å². The van der Waals surface area contributed by atoms with Gasteiger partial charge in [0.15, 0.2) is 0 Å². The third kappa shape index (κ3) is 4.74. The number of amides is 2. The molecule has 2 amide bonds. The minimum Gasteiger partial charge on any atom is -0.510 e. The topological polar surface area (TPSA) is 98.0 Å². The lowest BCUT2D eigenvalue weighted by Crippen LogP contribution is -2.33. The number of rotatable bonds is 4. The van der Waals surface area contributed by atoms with Crippen LogP contribution in [-0.2, 0) is 5.41 Å². The number of hydrogen-bond donors (Lipinski definition) is 3. The van der Waals surface area contributed by atoms with Crippen LogP contribution < -0.4 is 10.6 Å². The Labute approximate surface area is 222 Å². The third-order valence-corrected chi connectivity index (χ3v) is 6.86. The molecule has 5 rings (SSSR count). The van der Waals surface area contributed by atoms with Crippen molar-refractivity contribution in [2.24, 2.45) is 0 Å². The predicted octanol–water partition coefficient (Wildman–Crippen LogP) is 7.33. The number of nitrogens with zero attached hydrogens (tertiary/aromatic N) is 2. The average molecular weight is 501 g/mol. The number of carbonyl (C=O) groups is 1. The zero-order valence-electron chi connectivity index (χ0n) is 21.5. The van der Waals surface area contributed by atoms with E-state index in [1.165, 1.54) is 0 Å². The lowest BCUT2D eigenvalue weighted by molar-refractivity contribution is 0.254. The molecule has 1 aromatic heterocycles. The maximum absolute atomic E-state index is 13.3. The summed E-state index contributed by atoms with van der Waals surface area (Å²) in [5.41, 5.74) is 7.17. The number of fused-ring (bicyclic) bond motifs is 1. The first-order valence-electron chi connectivity index (χ1n) is 12.4. The maximum atomic E-state index is 13.3. The van der Waals surface area contributed by atoms with Gasteiger partial charge in [0.1, 0.15) is 5.76 Å². The van der Waals surface area contributed by atoms with Crippen molar-refractivity contribution in [3.8, 4) is 28.6 Å². The summed E-state index contributed by atoms with van der Waals surface area (Å²) < 4.78 is 0. The van der Waals surface area contributed by atoms with Crippen LogP contribution in [0.5, 0.6) is 0 Å². The van der Waals surface area contributed by atoms with Gasteiger partial charge in [0, 0.05) is 23.1 Å². The van der Waals surface area contributed by atoms with Crippen LogP contribution in [0.2, 0.25) is 0 Å². The first kappa shape index (κ1) is 24.8. The van der Waals surface area contributed by atoms with Gasteiger partial charge in [-0.15, -0.1) is 0 Å². The van der Waals surface area contributed by atoms with Crippen LogP contribution in [0.3, 0.4) is 0 Å². The SMILES string of the molecule is Cc1cc(NC(=O)NC2=C(O)CC(C)(C)c3ccccc32)c(-c2ccccc2)nc1-c1ccc(C#N)cc1. The summed E-state index contributed by atoms with van der Waals surface area (Å²) in [5.74, 6) is 0.151. The van der Waals surface area contributed by atoms with E-state index in [1.54, 1.807) is 12.1 Å². The number of nitriles is 1. The van der Waals surface area contributed by atoms with Crippen LogP contribution in [0.1, 0.15) is 42.5 Å². The van der Waals surface area contributed by atoms with E-state index >= 15 is 0 Å². The van der Waals surface area contributed by atoms with Crippen LogP contribution in [-0.4, -0.2) is 16.1 Å². The molecule has 0 fully saturated rings. The first-order valence-corrected chi connectivity index (χ1v) is 12.4. The molecular weight excluding hydrogens is 472 g/mol. The van der Waals surface area contributed by atoms with E-state index in [9.17, 15) is 9.90 Å². The minimum atomic E-state index is -0.467. The predicted molar refractivity (Wildman–Crippen MR) is 150 cm³/mol. The average Bonchev–Trinajstić information content (AvgIpc) is 2.91. The maximum Gasteiger partial charge on any atom is 0.323 e. The van der Waals surface area contributed by atoms with Gasteiger partial charge in [-0.1, -0.05) is 80.6 Å². The molecule has 0 aliphatic heterocycles. The Morgan fingerprint density at radius 2 is 1.58 bits per heavy atom. The Morgan fingerprint density at radius 3 is 2.29 bits per heavy atom. The van der Waals surface area contributed by atoms with Crippen molar-refractivity contribution in [3.05, 3.63) is 113 Å². The Bertz CT molecular complexity index is 1600. The second-order valence-corrected chi connectivity index (χ2v) is 10.1. The molecule has 0 atom stereocenters. The van der Waals surface area contributed by atoms with Gasteiger partial charge in [-0.3, -0.25) is 0 Å². The Hall–Kier alpha value is -4.89. The van der Waals surface area contributed by atoms with Crippen molar-refractivity contribution in [1.29, 1.82) is 5.26 Å². The molecule has 0 saturated heterocycles. The van der Waals surface area contributed by atoms with E-state index in [0.717, 1.165) is 33.5 Å². The number of hydrogen-bond acceptors (Lipinski definition) is 4. The largest absolute Gasteiger partial charge is 0.510 e. The number of allylic oxidation sites excluding steroid dienone is 1. The van der Waals surface area contributed by atoms with E-state index in [4.69, 9.17) is 10.2 Å². The smallest absolute Gasteiger partial charge is 0.323 e. The highest BCUT2D eigenvalue weighted by Gasteiger charge is 2.33. The number of carbonyl (C=O) groups excluding carboxylic acids is 1. The molecule has 3 N–H and O–H groups in total. The first-order chi connectivity index (χ1) is 18.3. The van der Waals surface area contributed by atoms with E-state index < -0.39 is 6.03 Å². The molecule has 0 bridgehead atoms. The standard InChI is InChI=1S/C32H28N4O2/c1-20-17-26(34-31(38)36-30-24-11-7-8-12-25(24)32(2,3)18-27(30)37)29(22-9-5-4-6-10-22)35-28(20)23-15-13-21(19-33)14-16-23/h4-17,37H,18H2,1-3H3,(H2,34,36,38). The Morgan fingerprint density at radius 1 is 0.921 bits per heavy atom. The molecule has 3 aromatic carbocycles. The molecular formula is C32H28N4O2. The fourth-order valence-corrected chi connectivity index (χ4v) is 4.98. The summed E-state index contributed by atoms with van der Waals surface area (Å²) in [6.45, 7) is 6.09. The monoisotopic (exact) mass is 500 g/mol. The number of urea groups is 1.